The van der Waals surface area contributed by atoms with Gasteiger partial charge in [-0.1, -0.05) is 11.2 Å². The molecule has 0 aliphatic rings. The van der Waals surface area contributed by atoms with Crippen molar-refractivity contribution in [2.75, 3.05) is 12.0 Å². The number of aryl methyl sites for hydroxylation is 1. The van der Waals surface area contributed by atoms with Crippen molar-refractivity contribution in [1.82, 2.24) is 20.2 Å². The Morgan fingerprint density at radius 1 is 0.791 bits per heavy atom. The van der Waals surface area contributed by atoms with E-state index in [4.69, 9.17) is 4.74 Å². The Morgan fingerprint density at radius 2 is 1.42 bits per heavy atom. The third-order valence-corrected chi connectivity index (χ3v) is 6.21. The molecule has 226 valence electrons. The summed E-state index contributed by atoms with van der Waals surface area (Å²) in [6.45, 7) is -1.20. The monoisotopic (exact) mass is 614 g/mol. The van der Waals surface area contributed by atoms with Crippen LogP contribution in [-0.2, 0) is 38.7 Å². The van der Waals surface area contributed by atoms with Crippen LogP contribution in [0.2, 0.25) is 0 Å². The molecule has 1 aromatic heterocycles. The zero-order valence-corrected chi connectivity index (χ0v) is 22.1. The minimum Gasteiger partial charge on any atom is -0.496 e. The highest BCUT2D eigenvalue weighted by Gasteiger charge is 2.37. The lowest BCUT2D eigenvalue weighted by Crippen LogP contribution is -2.25. The third-order valence-electron chi connectivity index (χ3n) is 6.21. The summed E-state index contributed by atoms with van der Waals surface area (Å²) in [7, 11) is 2.64. The summed E-state index contributed by atoms with van der Waals surface area (Å²) in [5.41, 5.74) is -4.23. The molecule has 1 heterocycles. The quantitative estimate of drug-likeness (QED) is 0.208. The normalized spacial score (nSPS) is 12.2. The third kappa shape index (κ3) is 7.16. The summed E-state index contributed by atoms with van der Waals surface area (Å²) in [4.78, 5) is 2.05. The van der Waals surface area contributed by atoms with E-state index in [0.29, 0.717) is 12.1 Å². The number of rotatable bonds is 7. The van der Waals surface area contributed by atoms with Gasteiger partial charge in [-0.15, -0.1) is 5.10 Å². The number of hydrogen-bond donors (Lipinski definition) is 0. The number of anilines is 1. The maximum atomic E-state index is 13.8. The van der Waals surface area contributed by atoms with Crippen LogP contribution in [0.25, 0.3) is 11.1 Å². The van der Waals surface area contributed by atoms with E-state index in [-0.39, 0.29) is 40.0 Å². The number of nitriles is 1. The van der Waals surface area contributed by atoms with Crippen molar-refractivity contribution in [1.29, 1.82) is 5.26 Å². The smallest absolute Gasteiger partial charge is 0.416 e. The molecule has 0 saturated heterocycles. The molecule has 0 bridgehead atoms. The van der Waals surface area contributed by atoms with E-state index in [1.807, 2.05) is 6.07 Å². The molecule has 0 spiro atoms. The van der Waals surface area contributed by atoms with Gasteiger partial charge in [-0.25, -0.2) is 0 Å². The van der Waals surface area contributed by atoms with Gasteiger partial charge >= 0.3 is 18.5 Å². The first-order valence-electron chi connectivity index (χ1n) is 12.1. The van der Waals surface area contributed by atoms with Gasteiger partial charge < -0.3 is 9.64 Å². The molecule has 0 aliphatic carbocycles. The first kappa shape index (κ1) is 31.1. The van der Waals surface area contributed by atoms with E-state index < -0.39 is 53.9 Å². The molecule has 0 unspecified atom stereocenters. The van der Waals surface area contributed by atoms with Crippen LogP contribution in [0.1, 0.15) is 33.4 Å². The van der Waals surface area contributed by atoms with Gasteiger partial charge in [0.2, 0.25) is 0 Å². The Kier molecular flexibility index (Phi) is 8.30. The number of hydrogen-bond acceptors (Lipinski definition) is 6. The molecule has 0 amide bonds. The van der Waals surface area contributed by atoms with Crippen LogP contribution in [-0.4, -0.2) is 27.3 Å². The van der Waals surface area contributed by atoms with E-state index in [9.17, 15) is 44.8 Å². The van der Waals surface area contributed by atoms with Gasteiger partial charge in [0.05, 0.1) is 42.5 Å². The molecule has 0 fully saturated rings. The summed E-state index contributed by atoms with van der Waals surface area (Å²) in [6.07, 6.45) is -15.0. The van der Waals surface area contributed by atoms with Gasteiger partial charge in [0.25, 0.3) is 5.95 Å². The Bertz CT molecular complexity index is 1640. The molecule has 0 N–H and O–H groups in total. The van der Waals surface area contributed by atoms with Crippen LogP contribution in [0.3, 0.4) is 0 Å². The number of benzene rings is 3. The van der Waals surface area contributed by atoms with E-state index in [1.54, 1.807) is 0 Å². The highest BCUT2D eigenvalue weighted by atomic mass is 19.4. The topological polar surface area (TPSA) is 79.9 Å². The fourth-order valence-electron chi connectivity index (χ4n) is 4.29. The van der Waals surface area contributed by atoms with Crippen molar-refractivity contribution >= 4 is 5.95 Å². The van der Waals surface area contributed by atoms with Crippen LogP contribution in [0.15, 0.2) is 54.6 Å². The molecule has 0 saturated carbocycles. The molecule has 16 heteroatoms. The lowest BCUT2D eigenvalue weighted by Gasteiger charge is -2.25. The molecule has 43 heavy (non-hydrogen) atoms. The zero-order chi connectivity index (χ0) is 31.7. The van der Waals surface area contributed by atoms with Gasteiger partial charge in [0, 0.05) is 18.7 Å². The molecule has 4 rings (SSSR count). The second-order valence-corrected chi connectivity index (χ2v) is 9.25. The lowest BCUT2D eigenvalue weighted by atomic mass is 9.94. The molecule has 7 nitrogen and oxygen atoms in total. The average molecular weight is 614 g/mol. The van der Waals surface area contributed by atoms with E-state index in [1.165, 1.54) is 32.4 Å². The molecular formula is C27H19F9N6O. The lowest BCUT2D eigenvalue weighted by molar-refractivity contribution is -0.143. The molecule has 0 aliphatic heterocycles. The van der Waals surface area contributed by atoms with Crippen molar-refractivity contribution in [2.45, 2.75) is 31.6 Å². The number of methoxy groups -OCH3 is 1. The number of ether oxygens (including phenoxy) is 1. The minimum atomic E-state index is -5.12. The fraction of sp³-hybridized carbons (Fsp3) is 0.259. The zero-order valence-electron chi connectivity index (χ0n) is 22.1. The van der Waals surface area contributed by atoms with E-state index in [2.05, 4.69) is 15.4 Å². The van der Waals surface area contributed by atoms with E-state index in [0.717, 1.165) is 27.9 Å². The predicted octanol–water partition coefficient (Wildman–Crippen LogP) is 7.02. The fourth-order valence-corrected chi connectivity index (χ4v) is 4.29. The van der Waals surface area contributed by atoms with Gasteiger partial charge in [-0.3, -0.25) is 0 Å². The Morgan fingerprint density at radius 3 is 1.93 bits per heavy atom. The van der Waals surface area contributed by atoms with Crippen LogP contribution < -0.4 is 9.64 Å². The number of alkyl halides is 9. The van der Waals surface area contributed by atoms with E-state index >= 15 is 0 Å². The second-order valence-electron chi connectivity index (χ2n) is 9.25. The maximum Gasteiger partial charge on any atom is 0.416 e. The van der Waals surface area contributed by atoms with Gasteiger partial charge in [-0.2, -0.15) is 49.6 Å². The number of nitrogens with zero attached hydrogens (tertiary/aromatic N) is 6. The van der Waals surface area contributed by atoms with Crippen LogP contribution >= 0.6 is 0 Å². The van der Waals surface area contributed by atoms with Crippen molar-refractivity contribution in [2.24, 2.45) is 7.05 Å². The standard InChI is InChI=1S/C27H19F9N6O/c1-41-39-24(38-40-41)42(13-16-7-19(26(31,32)33)11-20(8-16)27(34,35)36)14-17-10-18(25(28,29)30)4-5-21(17)22-9-15(12-37)3-6-23(22)43-2/h3-11H,13-14H2,1-2H3. The number of tetrazole rings is 1. The molecule has 4 aromatic rings. The molecule has 0 radical (unpaired) electrons. The Balaban J connectivity index is 1.90. The molecule has 0 atom stereocenters. The average Bonchev–Trinajstić information content (AvgIpc) is 3.36. The predicted molar refractivity (Wildman–Crippen MR) is 133 cm³/mol. The molecule has 3 aromatic carbocycles. The maximum absolute atomic E-state index is 13.8. The summed E-state index contributed by atoms with van der Waals surface area (Å²) in [5.74, 6) is -0.0912. The highest BCUT2D eigenvalue weighted by molar-refractivity contribution is 5.75. The first-order chi connectivity index (χ1) is 20.0. The van der Waals surface area contributed by atoms with Crippen molar-refractivity contribution in [3.63, 3.8) is 0 Å². The Hall–Kier alpha value is -4.81. The first-order valence-corrected chi connectivity index (χ1v) is 12.1. The van der Waals surface area contributed by atoms with Crippen molar-refractivity contribution in [3.8, 4) is 22.9 Å². The van der Waals surface area contributed by atoms with Crippen molar-refractivity contribution < 1.29 is 44.3 Å². The van der Waals surface area contributed by atoms with Gasteiger partial charge in [0.15, 0.2) is 0 Å². The van der Waals surface area contributed by atoms with Gasteiger partial charge in [0.1, 0.15) is 5.75 Å². The van der Waals surface area contributed by atoms with Crippen LogP contribution in [0.4, 0.5) is 45.5 Å². The summed E-state index contributed by atoms with van der Waals surface area (Å²) >= 11 is 0. The SMILES string of the molecule is COc1ccc(C#N)cc1-c1ccc(C(F)(F)F)cc1CN(Cc1cc(C(F)(F)F)cc(C(F)(F)F)c1)c1nnn(C)n1. The molecular weight excluding hydrogens is 595 g/mol. The summed E-state index contributed by atoms with van der Waals surface area (Å²) in [5, 5.41) is 20.8. The van der Waals surface area contributed by atoms with Gasteiger partial charge in [-0.05, 0) is 70.4 Å². The van der Waals surface area contributed by atoms with Crippen LogP contribution in [0, 0.1) is 11.3 Å². The number of halogens is 9. The summed E-state index contributed by atoms with van der Waals surface area (Å²) < 4.78 is 128. The minimum absolute atomic E-state index is 0.0339. The van der Waals surface area contributed by atoms with Crippen LogP contribution in [0.5, 0.6) is 5.75 Å². The van der Waals surface area contributed by atoms with Crippen molar-refractivity contribution in [3.05, 3.63) is 88.0 Å². The summed E-state index contributed by atoms with van der Waals surface area (Å²) in [6, 6.07) is 9.83. The Labute approximate surface area is 237 Å². The second kappa shape index (κ2) is 11.5. The largest absolute Gasteiger partial charge is 0.496 e. The number of aromatic nitrogens is 4. The highest BCUT2D eigenvalue weighted by Crippen LogP contribution is 2.39.